The van der Waals surface area contributed by atoms with Gasteiger partial charge in [0.15, 0.2) is 0 Å². The van der Waals surface area contributed by atoms with E-state index in [1.54, 1.807) is 5.56 Å². The summed E-state index contributed by atoms with van der Waals surface area (Å²) in [6.45, 7) is 3.56. The van der Waals surface area contributed by atoms with Gasteiger partial charge in [-0.2, -0.15) is 0 Å². The van der Waals surface area contributed by atoms with E-state index in [2.05, 4.69) is 36.5 Å². The van der Waals surface area contributed by atoms with Crippen LogP contribution in [-0.4, -0.2) is 6.54 Å². The number of para-hydroxylation sites is 1. The second-order valence-electron chi connectivity index (χ2n) is 5.25. The molecule has 15 heavy (non-hydrogen) atoms. The van der Waals surface area contributed by atoms with E-state index in [0.29, 0.717) is 0 Å². The second kappa shape index (κ2) is 3.55. The largest absolute Gasteiger partial charge is 0.384 e. The lowest BCUT2D eigenvalue weighted by atomic mass is 9.86. The molecule has 2 aliphatic rings. The van der Waals surface area contributed by atoms with E-state index >= 15 is 0 Å². The summed E-state index contributed by atoms with van der Waals surface area (Å²) in [4.78, 5) is 0. The van der Waals surface area contributed by atoms with Crippen molar-refractivity contribution in [1.29, 1.82) is 0 Å². The van der Waals surface area contributed by atoms with Crippen molar-refractivity contribution in [3.63, 3.8) is 0 Å². The lowest BCUT2D eigenvalue weighted by Gasteiger charge is -2.18. The van der Waals surface area contributed by atoms with Gasteiger partial charge in [-0.05, 0) is 36.3 Å². The molecule has 1 aliphatic carbocycles. The van der Waals surface area contributed by atoms with Crippen molar-refractivity contribution in [1.82, 2.24) is 0 Å². The first kappa shape index (κ1) is 9.26. The van der Waals surface area contributed by atoms with Gasteiger partial charge < -0.3 is 5.32 Å². The average molecular weight is 201 g/mol. The van der Waals surface area contributed by atoms with Gasteiger partial charge in [0, 0.05) is 18.2 Å². The van der Waals surface area contributed by atoms with Gasteiger partial charge in [0.1, 0.15) is 0 Å². The molecule has 0 radical (unpaired) electrons. The standard InChI is InChI=1S/C14H19N/c1-10-6-7-11(8-10)13-9-15-14-5-3-2-4-12(13)14/h2-5,10-11,13,15H,6-9H2,1H3. The number of fused-ring (bicyclic) bond motifs is 1. The molecule has 1 saturated carbocycles. The van der Waals surface area contributed by atoms with Gasteiger partial charge in [-0.15, -0.1) is 0 Å². The molecule has 0 bridgehead atoms. The summed E-state index contributed by atoms with van der Waals surface area (Å²) in [5.74, 6) is 2.66. The molecule has 0 aromatic heterocycles. The molecule has 0 saturated heterocycles. The Labute approximate surface area is 91.9 Å². The Bertz CT molecular complexity index is 358. The Morgan fingerprint density at radius 3 is 2.87 bits per heavy atom. The monoisotopic (exact) mass is 201 g/mol. The predicted molar refractivity (Wildman–Crippen MR) is 64.2 cm³/mol. The van der Waals surface area contributed by atoms with Gasteiger partial charge in [0.25, 0.3) is 0 Å². The van der Waals surface area contributed by atoms with E-state index in [4.69, 9.17) is 0 Å². The highest BCUT2D eigenvalue weighted by Crippen LogP contribution is 2.44. The maximum Gasteiger partial charge on any atom is 0.0376 e. The van der Waals surface area contributed by atoms with E-state index in [0.717, 1.165) is 24.3 Å². The van der Waals surface area contributed by atoms with E-state index in [9.17, 15) is 0 Å². The summed E-state index contributed by atoms with van der Waals surface area (Å²) in [6, 6.07) is 8.83. The van der Waals surface area contributed by atoms with Crippen molar-refractivity contribution in [2.24, 2.45) is 11.8 Å². The number of rotatable bonds is 1. The summed E-state index contributed by atoms with van der Waals surface area (Å²) in [5, 5.41) is 3.54. The van der Waals surface area contributed by atoms with Gasteiger partial charge in [-0.25, -0.2) is 0 Å². The maximum absolute atomic E-state index is 3.54. The summed E-state index contributed by atoms with van der Waals surface area (Å²) < 4.78 is 0. The smallest absolute Gasteiger partial charge is 0.0376 e. The van der Waals surface area contributed by atoms with Crippen molar-refractivity contribution in [2.75, 3.05) is 11.9 Å². The van der Waals surface area contributed by atoms with Gasteiger partial charge in [0.2, 0.25) is 0 Å². The van der Waals surface area contributed by atoms with Gasteiger partial charge >= 0.3 is 0 Å². The van der Waals surface area contributed by atoms with Crippen LogP contribution in [0.4, 0.5) is 5.69 Å². The van der Waals surface area contributed by atoms with Crippen LogP contribution in [0.3, 0.4) is 0 Å². The van der Waals surface area contributed by atoms with Crippen LogP contribution < -0.4 is 5.32 Å². The SMILES string of the molecule is CC1CCC(C2CNc3ccccc32)C1. The molecule has 80 valence electrons. The predicted octanol–water partition coefficient (Wildman–Crippen LogP) is 3.63. The first-order valence-electron chi connectivity index (χ1n) is 6.17. The third-order valence-corrected chi connectivity index (χ3v) is 4.18. The first-order chi connectivity index (χ1) is 7.34. The molecule has 3 atom stereocenters. The molecule has 1 aliphatic heterocycles. The topological polar surface area (TPSA) is 12.0 Å². The lowest BCUT2D eigenvalue weighted by Crippen LogP contribution is -2.12. The molecule has 1 aromatic carbocycles. The fraction of sp³-hybridized carbons (Fsp3) is 0.571. The Morgan fingerprint density at radius 2 is 2.07 bits per heavy atom. The van der Waals surface area contributed by atoms with Crippen LogP contribution >= 0.6 is 0 Å². The summed E-state index contributed by atoms with van der Waals surface area (Å²) in [7, 11) is 0. The van der Waals surface area contributed by atoms with E-state index in [-0.39, 0.29) is 0 Å². The Kier molecular flexibility index (Phi) is 2.19. The summed E-state index contributed by atoms with van der Waals surface area (Å²) >= 11 is 0. The highest BCUT2D eigenvalue weighted by Gasteiger charge is 2.33. The fourth-order valence-electron chi connectivity index (χ4n) is 3.35. The number of hydrogen-bond donors (Lipinski definition) is 1. The van der Waals surface area contributed by atoms with Crippen molar-refractivity contribution < 1.29 is 0 Å². The maximum atomic E-state index is 3.54. The zero-order valence-electron chi connectivity index (χ0n) is 9.37. The highest BCUT2D eigenvalue weighted by molar-refractivity contribution is 5.57. The third-order valence-electron chi connectivity index (χ3n) is 4.18. The fourth-order valence-corrected chi connectivity index (χ4v) is 3.35. The second-order valence-corrected chi connectivity index (χ2v) is 5.25. The zero-order valence-corrected chi connectivity index (χ0v) is 9.37. The third kappa shape index (κ3) is 1.54. The van der Waals surface area contributed by atoms with E-state index in [1.165, 1.54) is 24.9 Å². The quantitative estimate of drug-likeness (QED) is 0.731. The van der Waals surface area contributed by atoms with Crippen LogP contribution in [0, 0.1) is 11.8 Å². The Balaban J connectivity index is 1.85. The van der Waals surface area contributed by atoms with Crippen LogP contribution in [0.1, 0.15) is 37.7 Å². The molecular weight excluding hydrogens is 182 g/mol. The van der Waals surface area contributed by atoms with Gasteiger partial charge in [-0.1, -0.05) is 31.5 Å². The number of anilines is 1. The normalized spacial score (nSPS) is 33.8. The minimum absolute atomic E-state index is 0.783. The van der Waals surface area contributed by atoms with E-state index < -0.39 is 0 Å². The Hall–Kier alpha value is -0.980. The summed E-state index contributed by atoms with van der Waals surface area (Å²) in [6.07, 6.45) is 4.30. The number of nitrogens with one attached hydrogen (secondary N) is 1. The van der Waals surface area contributed by atoms with Crippen LogP contribution in [0.5, 0.6) is 0 Å². The van der Waals surface area contributed by atoms with Crippen molar-refractivity contribution in [3.8, 4) is 0 Å². The zero-order chi connectivity index (χ0) is 10.3. The molecule has 3 unspecified atom stereocenters. The number of benzene rings is 1. The molecule has 0 spiro atoms. The molecule has 1 heterocycles. The van der Waals surface area contributed by atoms with Crippen molar-refractivity contribution >= 4 is 5.69 Å². The summed E-state index contributed by atoms with van der Waals surface area (Å²) in [5.41, 5.74) is 2.94. The van der Waals surface area contributed by atoms with Crippen LogP contribution in [0.15, 0.2) is 24.3 Å². The molecule has 1 fully saturated rings. The first-order valence-corrected chi connectivity index (χ1v) is 6.17. The van der Waals surface area contributed by atoms with Crippen LogP contribution in [0.25, 0.3) is 0 Å². The van der Waals surface area contributed by atoms with Gasteiger partial charge in [0.05, 0.1) is 0 Å². The molecule has 1 aromatic rings. The molecule has 0 amide bonds. The molecular formula is C14H19N. The van der Waals surface area contributed by atoms with Crippen LogP contribution in [0.2, 0.25) is 0 Å². The lowest BCUT2D eigenvalue weighted by molar-refractivity contribution is 0.442. The average Bonchev–Trinajstić information content (AvgIpc) is 2.83. The molecule has 1 nitrogen and oxygen atoms in total. The minimum atomic E-state index is 0.783. The van der Waals surface area contributed by atoms with Gasteiger partial charge in [-0.3, -0.25) is 0 Å². The minimum Gasteiger partial charge on any atom is -0.384 e. The molecule has 3 rings (SSSR count). The van der Waals surface area contributed by atoms with Crippen molar-refractivity contribution in [2.45, 2.75) is 32.1 Å². The highest BCUT2D eigenvalue weighted by atomic mass is 14.9. The Morgan fingerprint density at radius 1 is 1.20 bits per heavy atom. The van der Waals surface area contributed by atoms with Crippen LogP contribution in [-0.2, 0) is 0 Å². The number of hydrogen-bond acceptors (Lipinski definition) is 1. The van der Waals surface area contributed by atoms with E-state index in [1.807, 2.05) is 0 Å². The molecule has 1 heteroatoms. The molecule has 1 N–H and O–H groups in total. The van der Waals surface area contributed by atoms with Crippen molar-refractivity contribution in [3.05, 3.63) is 29.8 Å².